The number of anilines is 1. The number of para-hydroxylation sites is 1. The standard InChI is InChI=1S/C18H29ClN4O2/c1-18(2,3)21-11-7-10-20-16(24)12-23(4)13-17(25)22-15-9-6-5-8-14(15)19/h5-6,8-9,21H,7,10-13H2,1-4H3,(H,20,24)(H,22,25)/p+2. The summed E-state index contributed by atoms with van der Waals surface area (Å²) in [4.78, 5) is 24.8. The monoisotopic (exact) mass is 370 g/mol. The molecule has 0 saturated heterocycles. The lowest BCUT2D eigenvalue weighted by atomic mass is 10.1. The largest absolute Gasteiger partial charge is 0.351 e. The van der Waals surface area contributed by atoms with E-state index in [-0.39, 0.29) is 30.4 Å². The number of carbonyl (C=O) groups excluding carboxylic acids is 2. The van der Waals surface area contributed by atoms with Crippen molar-refractivity contribution < 1.29 is 19.8 Å². The minimum atomic E-state index is -0.168. The molecule has 1 aromatic rings. The molecule has 1 aromatic carbocycles. The second-order valence-electron chi connectivity index (χ2n) is 7.40. The van der Waals surface area contributed by atoms with E-state index in [1.165, 1.54) is 0 Å². The van der Waals surface area contributed by atoms with Crippen LogP contribution < -0.4 is 20.9 Å². The molecule has 0 heterocycles. The van der Waals surface area contributed by atoms with Crippen molar-refractivity contribution in [3.05, 3.63) is 29.3 Å². The lowest BCUT2D eigenvalue weighted by Crippen LogP contribution is -3.11. The number of amides is 2. The summed E-state index contributed by atoms with van der Waals surface area (Å²) in [7, 11) is 1.82. The molecule has 2 amide bonds. The van der Waals surface area contributed by atoms with Crippen molar-refractivity contribution in [2.24, 2.45) is 0 Å². The van der Waals surface area contributed by atoms with Gasteiger partial charge in [0.25, 0.3) is 11.8 Å². The van der Waals surface area contributed by atoms with Gasteiger partial charge < -0.3 is 20.9 Å². The molecular weight excluding hydrogens is 340 g/mol. The Balaban J connectivity index is 2.22. The Bertz CT molecular complexity index is 572. The van der Waals surface area contributed by atoms with Crippen molar-refractivity contribution in [2.45, 2.75) is 32.7 Å². The first-order chi connectivity index (χ1) is 11.7. The van der Waals surface area contributed by atoms with Gasteiger partial charge in [-0.2, -0.15) is 0 Å². The summed E-state index contributed by atoms with van der Waals surface area (Å²) in [6.07, 6.45) is 0.926. The maximum absolute atomic E-state index is 12.0. The molecule has 1 atom stereocenters. The number of nitrogens with one attached hydrogen (secondary N) is 3. The lowest BCUT2D eigenvalue weighted by molar-refractivity contribution is -0.862. The molecule has 6 nitrogen and oxygen atoms in total. The zero-order valence-corrected chi connectivity index (χ0v) is 16.4. The minimum absolute atomic E-state index is 0.0428. The molecule has 0 fully saturated rings. The number of rotatable bonds is 9. The predicted molar refractivity (Wildman–Crippen MR) is 101 cm³/mol. The van der Waals surface area contributed by atoms with Crippen molar-refractivity contribution in [2.75, 3.05) is 38.5 Å². The van der Waals surface area contributed by atoms with Crippen molar-refractivity contribution in [1.82, 2.24) is 5.32 Å². The van der Waals surface area contributed by atoms with Crippen molar-refractivity contribution in [3.8, 4) is 0 Å². The topological polar surface area (TPSA) is 79.2 Å². The van der Waals surface area contributed by atoms with E-state index in [9.17, 15) is 9.59 Å². The Morgan fingerprint density at radius 2 is 1.80 bits per heavy atom. The van der Waals surface area contributed by atoms with Gasteiger partial charge in [-0.1, -0.05) is 23.7 Å². The number of carbonyl (C=O) groups is 2. The highest BCUT2D eigenvalue weighted by atomic mass is 35.5. The van der Waals surface area contributed by atoms with E-state index in [0.29, 0.717) is 17.3 Å². The van der Waals surface area contributed by atoms with Crippen LogP contribution >= 0.6 is 11.6 Å². The number of halogens is 1. The van der Waals surface area contributed by atoms with Crippen LogP contribution in [0.25, 0.3) is 0 Å². The fraction of sp³-hybridized carbons (Fsp3) is 0.556. The highest BCUT2D eigenvalue weighted by molar-refractivity contribution is 6.33. The number of benzene rings is 1. The summed E-state index contributed by atoms with van der Waals surface area (Å²) in [5, 5.41) is 8.42. The fourth-order valence-electron chi connectivity index (χ4n) is 2.30. The maximum atomic E-state index is 12.0. The molecule has 1 rings (SSSR count). The fourth-order valence-corrected chi connectivity index (χ4v) is 2.48. The van der Waals surface area contributed by atoms with E-state index in [1.54, 1.807) is 18.2 Å². The molecule has 7 heteroatoms. The smallest absolute Gasteiger partial charge is 0.279 e. The van der Waals surface area contributed by atoms with E-state index in [4.69, 9.17) is 11.6 Å². The first-order valence-electron chi connectivity index (χ1n) is 8.64. The predicted octanol–water partition coefficient (Wildman–Crippen LogP) is -0.339. The van der Waals surface area contributed by atoms with Crippen LogP contribution in [-0.2, 0) is 9.59 Å². The van der Waals surface area contributed by atoms with E-state index < -0.39 is 0 Å². The van der Waals surface area contributed by atoms with Gasteiger partial charge in [0, 0.05) is 13.0 Å². The number of hydrogen-bond acceptors (Lipinski definition) is 2. The Morgan fingerprint density at radius 1 is 1.16 bits per heavy atom. The van der Waals surface area contributed by atoms with Gasteiger partial charge in [0.15, 0.2) is 13.1 Å². The molecule has 25 heavy (non-hydrogen) atoms. The van der Waals surface area contributed by atoms with Crippen molar-refractivity contribution >= 4 is 29.1 Å². The van der Waals surface area contributed by atoms with E-state index in [0.717, 1.165) is 17.9 Å². The normalized spacial score (nSPS) is 12.5. The summed E-state index contributed by atoms with van der Waals surface area (Å²) < 4.78 is 0. The summed E-state index contributed by atoms with van der Waals surface area (Å²) in [6, 6.07) is 7.08. The molecule has 0 aliphatic heterocycles. The number of likely N-dealkylation sites (N-methyl/N-ethyl adjacent to an activating group) is 1. The Labute approximate surface area is 155 Å². The molecule has 0 radical (unpaired) electrons. The van der Waals surface area contributed by atoms with Crippen LogP contribution in [0.15, 0.2) is 24.3 Å². The number of nitrogens with two attached hydrogens (primary N) is 1. The van der Waals surface area contributed by atoms with E-state index >= 15 is 0 Å². The van der Waals surface area contributed by atoms with Gasteiger partial charge in [0.1, 0.15) is 0 Å². The van der Waals surface area contributed by atoms with E-state index in [2.05, 4.69) is 36.7 Å². The summed E-state index contributed by atoms with van der Waals surface area (Å²) in [5.41, 5.74) is 0.796. The third-order valence-corrected chi connectivity index (χ3v) is 3.86. The van der Waals surface area contributed by atoms with Gasteiger partial charge in [-0.25, -0.2) is 0 Å². The van der Waals surface area contributed by atoms with Crippen LogP contribution in [0.4, 0.5) is 5.69 Å². The third kappa shape index (κ3) is 10.1. The molecule has 0 aliphatic rings. The van der Waals surface area contributed by atoms with Crippen molar-refractivity contribution in [1.29, 1.82) is 0 Å². The minimum Gasteiger partial charge on any atom is -0.351 e. The summed E-state index contributed by atoms with van der Waals surface area (Å²) >= 11 is 6.01. The molecule has 1 unspecified atom stereocenters. The van der Waals surface area contributed by atoms with Crippen LogP contribution in [0.3, 0.4) is 0 Å². The quantitative estimate of drug-likeness (QED) is 0.449. The molecule has 0 aromatic heterocycles. The van der Waals surface area contributed by atoms with Gasteiger partial charge in [0.2, 0.25) is 0 Å². The first kappa shape index (κ1) is 21.4. The number of hydrogen-bond donors (Lipinski definition) is 4. The average Bonchev–Trinajstić information content (AvgIpc) is 2.47. The second kappa shape index (κ2) is 10.4. The second-order valence-corrected chi connectivity index (χ2v) is 7.81. The van der Waals surface area contributed by atoms with Crippen LogP contribution in [0.2, 0.25) is 5.02 Å². The van der Waals surface area contributed by atoms with E-state index in [1.807, 2.05) is 13.1 Å². The zero-order chi connectivity index (χ0) is 18.9. The van der Waals surface area contributed by atoms with Crippen LogP contribution in [0.5, 0.6) is 0 Å². The maximum Gasteiger partial charge on any atom is 0.279 e. The number of quaternary nitrogens is 2. The molecule has 0 aliphatic carbocycles. The molecule has 0 saturated carbocycles. The van der Waals surface area contributed by atoms with Gasteiger partial charge in [0.05, 0.1) is 29.8 Å². The molecule has 0 spiro atoms. The van der Waals surface area contributed by atoms with Gasteiger partial charge in [-0.15, -0.1) is 0 Å². The Kier molecular flexibility index (Phi) is 8.89. The zero-order valence-electron chi connectivity index (χ0n) is 15.6. The SMILES string of the molecule is C[NH+](CC(=O)NCCC[NH2+]C(C)(C)C)CC(=O)Nc1ccccc1Cl. The summed E-state index contributed by atoms with van der Waals surface area (Å²) in [6.45, 7) is 8.60. The average molecular weight is 371 g/mol. The van der Waals surface area contributed by atoms with Crippen LogP contribution in [-0.4, -0.2) is 50.6 Å². The lowest BCUT2D eigenvalue weighted by Gasteiger charge is -2.17. The van der Waals surface area contributed by atoms with Gasteiger partial charge in [-0.05, 0) is 32.9 Å². The Morgan fingerprint density at radius 3 is 2.44 bits per heavy atom. The molecular formula is C18H31ClN4O2+2. The van der Waals surface area contributed by atoms with Crippen molar-refractivity contribution in [3.63, 3.8) is 0 Å². The molecule has 140 valence electrons. The first-order valence-corrected chi connectivity index (χ1v) is 9.02. The van der Waals surface area contributed by atoms with Gasteiger partial charge >= 0.3 is 0 Å². The highest BCUT2D eigenvalue weighted by Crippen LogP contribution is 2.19. The summed E-state index contributed by atoms with van der Waals surface area (Å²) in [5.74, 6) is -0.211. The van der Waals surface area contributed by atoms with Crippen LogP contribution in [0.1, 0.15) is 27.2 Å². The van der Waals surface area contributed by atoms with Gasteiger partial charge in [-0.3, -0.25) is 9.59 Å². The molecule has 0 bridgehead atoms. The molecule has 5 N–H and O–H groups in total. The Hall–Kier alpha value is -1.63. The third-order valence-electron chi connectivity index (χ3n) is 3.53. The highest BCUT2D eigenvalue weighted by Gasteiger charge is 2.15. The van der Waals surface area contributed by atoms with Crippen LogP contribution in [0, 0.1) is 0 Å².